The van der Waals surface area contributed by atoms with E-state index < -0.39 is 6.10 Å². The van der Waals surface area contributed by atoms with Crippen LogP contribution in [0.4, 0.5) is 0 Å². The number of halogens is 1. The van der Waals surface area contributed by atoms with E-state index in [0.717, 1.165) is 19.3 Å². The summed E-state index contributed by atoms with van der Waals surface area (Å²) in [5.41, 5.74) is 2.76. The van der Waals surface area contributed by atoms with Gasteiger partial charge in [-0.15, -0.1) is 12.1 Å². The van der Waals surface area contributed by atoms with Crippen LogP contribution in [0.15, 0.2) is 24.3 Å². The summed E-state index contributed by atoms with van der Waals surface area (Å²) >= 11 is 0. The average molecular weight is 398 g/mol. The standard InChI is InChI=1S/C10H14.C7H13NO.ClH.Ru/c1-8(2)10-6-4-9(3)5-7-10;1-8-6-4-2-3-5-7(6)9;;/h4-8H,1-3H3;6-7H,2-5H2,1H3;1H;/q;-2;;+3/p-1/t;6-,7+;;/m.0../s1. The molecule has 2 atom stereocenters. The Morgan fingerprint density at radius 3 is 2.00 bits per heavy atom. The molecule has 1 aliphatic carbocycles. The summed E-state index contributed by atoms with van der Waals surface area (Å²) < 4.78 is 0. The van der Waals surface area contributed by atoms with Crippen molar-refractivity contribution in [3.63, 3.8) is 0 Å². The van der Waals surface area contributed by atoms with Crippen molar-refractivity contribution in [1.29, 1.82) is 0 Å². The van der Waals surface area contributed by atoms with Crippen LogP contribution in [-0.2, 0) is 19.5 Å². The van der Waals surface area contributed by atoms with Gasteiger partial charge in [-0.2, -0.15) is 7.05 Å². The maximum atomic E-state index is 11.0. The third kappa shape index (κ3) is 8.93. The van der Waals surface area contributed by atoms with Gasteiger partial charge in [-0.25, -0.2) is 0 Å². The quantitative estimate of drug-likeness (QED) is 0.679. The SMILES string of the molecule is C[N-][C@H]1CCCC[C@H]1[O-].Cc1ccc(C(C)C)cc1.[Cl-].[Ru+3]. The van der Waals surface area contributed by atoms with Gasteiger partial charge in [0.05, 0.1) is 0 Å². The van der Waals surface area contributed by atoms with Crippen LogP contribution in [0.5, 0.6) is 0 Å². The smallest absolute Gasteiger partial charge is 1.00 e. The maximum Gasteiger partial charge on any atom is 3.00 e. The minimum Gasteiger partial charge on any atom is -1.00 e. The summed E-state index contributed by atoms with van der Waals surface area (Å²) in [6.07, 6.45) is 3.76. The molecular weight excluding hydrogens is 371 g/mol. The van der Waals surface area contributed by atoms with Gasteiger partial charge in [-0.1, -0.05) is 69.4 Å². The van der Waals surface area contributed by atoms with Gasteiger partial charge >= 0.3 is 19.5 Å². The molecule has 1 radical (unpaired) electrons. The Morgan fingerprint density at radius 2 is 1.62 bits per heavy atom. The van der Waals surface area contributed by atoms with E-state index in [-0.39, 0.29) is 37.9 Å². The number of rotatable bonds is 2. The van der Waals surface area contributed by atoms with Crippen molar-refractivity contribution in [3.8, 4) is 0 Å². The molecular formula is C17H27ClNORu. The molecule has 121 valence electrons. The second-order valence-corrected chi connectivity index (χ2v) is 5.71. The fourth-order valence-corrected chi connectivity index (χ4v) is 2.32. The number of aryl methyl sites for hydroxylation is 1. The third-order valence-corrected chi connectivity index (χ3v) is 3.74. The molecule has 0 N–H and O–H groups in total. The van der Waals surface area contributed by atoms with Crippen molar-refractivity contribution in [2.24, 2.45) is 0 Å². The van der Waals surface area contributed by atoms with E-state index in [1.54, 1.807) is 7.05 Å². The summed E-state index contributed by atoms with van der Waals surface area (Å²) in [4.78, 5) is 0. The zero-order valence-corrected chi connectivity index (χ0v) is 16.0. The molecule has 1 aromatic carbocycles. The molecule has 4 heteroatoms. The number of likely N-dealkylation sites (N-methyl/N-ethyl adjacent to an activating group) is 1. The van der Waals surface area contributed by atoms with E-state index in [9.17, 15) is 5.11 Å². The molecule has 1 aromatic rings. The molecule has 21 heavy (non-hydrogen) atoms. The maximum absolute atomic E-state index is 11.0. The minimum absolute atomic E-state index is 0. The summed E-state index contributed by atoms with van der Waals surface area (Å²) in [5.74, 6) is 0.653. The molecule has 0 aromatic heterocycles. The second-order valence-electron chi connectivity index (χ2n) is 5.71. The molecule has 1 aliphatic rings. The van der Waals surface area contributed by atoms with Gasteiger partial charge in [0.25, 0.3) is 0 Å². The second kappa shape index (κ2) is 12.6. The van der Waals surface area contributed by atoms with E-state index in [4.69, 9.17) is 0 Å². The average Bonchev–Trinajstić information content (AvgIpc) is 2.40. The molecule has 2 rings (SSSR count). The number of benzene rings is 1. The van der Waals surface area contributed by atoms with Crippen molar-refractivity contribution < 1.29 is 37.0 Å². The molecule has 1 saturated carbocycles. The van der Waals surface area contributed by atoms with Crippen LogP contribution in [0.1, 0.15) is 56.6 Å². The predicted octanol–water partition coefficient (Wildman–Crippen LogP) is 0.781. The molecule has 0 aliphatic heterocycles. The van der Waals surface area contributed by atoms with Crippen LogP contribution >= 0.6 is 0 Å². The molecule has 1 fully saturated rings. The Morgan fingerprint density at radius 1 is 1.10 bits per heavy atom. The summed E-state index contributed by atoms with van der Waals surface area (Å²) in [6.45, 7) is 6.54. The monoisotopic (exact) mass is 398 g/mol. The first-order valence-corrected chi connectivity index (χ1v) is 7.36. The van der Waals surface area contributed by atoms with Crippen molar-refractivity contribution in [2.45, 2.75) is 64.5 Å². The Hall–Kier alpha value is 0.0534. The Labute approximate surface area is 149 Å². The largest absolute Gasteiger partial charge is 3.00 e. The Balaban J connectivity index is 0. The van der Waals surface area contributed by atoms with Gasteiger partial charge in [-0.05, 0) is 18.4 Å². The predicted molar refractivity (Wildman–Crippen MR) is 80.6 cm³/mol. The van der Waals surface area contributed by atoms with E-state index >= 15 is 0 Å². The van der Waals surface area contributed by atoms with E-state index in [2.05, 4.69) is 50.4 Å². The van der Waals surface area contributed by atoms with Crippen LogP contribution in [0, 0.1) is 6.92 Å². The number of nitrogens with zero attached hydrogens (tertiary/aromatic N) is 1. The van der Waals surface area contributed by atoms with Gasteiger partial charge in [0.15, 0.2) is 0 Å². The van der Waals surface area contributed by atoms with Crippen LogP contribution in [0.25, 0.3) is 5.32 Å². The van der Waals surface area contributed by atoms with Crippen LogP contribution in [-0.4, -0.2) is 19.2 Å². The summed E-state index contributed by atoms with van der Waals surface area (Å²) in [5, 5.41) is 15.0. The molecule has 0 spiro atoms. The molecule has 2 nitrogen and oxygen atoms in total. The van der Waals surface area contributed by atoms with Crippen molar-refractivity contribution in [3.05, 3.63) is 40.7 Å². The van der Waals surface area contributed by atoms with Crippen LogP contribution in [0.3, 0.4) is 0 Å². The summed E-state index contributed by atoms with van der Waals surface area (Å²) in [7, 11) is 1.75. The fraction of sp³-hybridized carbons (Fsp3) is 0.647. The zero-order valence-electron chi connectivity index (χ0n) is 13.5. The van der Waals surface area contributed by atoms with Crippen molar-refractivity contribution in [1.82, 2.24) is 0 Å². The molecule has 0 heterocycles. The van der Waals surface area contributed by atoms with Gasteiger partial charge in [0.2, 0.25) is 0 Å². The summed E-state index contributed by atoms with van der Waals surface area (Å²) in [6, 6.07) is 8.84. The van der Waals surface area contributed by atoms with Gasteiger partial charge in [0, 0.05) is 0 Å². The Bertz CT molecular complexity index is 356. The molecule has 0 amide bonds. The third-order valence-electron chi connectivity index (χ3n) is 3.74. The van der Waals surface area contributed by atoms with Gasteiger partial charge in [-0.3, -0.25) is 0 Å². The van der Waals surface area contributed by atoms with E-state index in [0.29, 0.717) is 5.92 Å². The van der Waals surface area contributed by atoms with Crippen molar-refractivity contribution in [2.75, 3.05) is 7.05 Å². The molecule has 0 saturated heterocycles. The first kappa shape index (κ1) is 23.3. The number of hydrogen-bond acceptors (Lipinski definition) is 1. The van der Waals surface area contributed by atoms with E-state index in [1.807, 2.05) is 0 Å². The zero-order chi connectivity index (χ0) is 14.3. The normalized spacial score (nSPS) is 20.7. The van der Waals surface area contributed by atoms with Crippen LogP contribution in [0.2, 0.25) is 0 Å². The van der Waals surface area contributed by atoms with Gasteiger partial charge < -0.3 is 22.8 Å². The van der Waals surface area contributed by atoms with Crippen molar-refractivity contribution >= 4 is 0 Å². The topological polar surface area (TPSA) is 37.2 Å². The Kier molecular flexibility index (Phi) is 14.0. The molecule has 0 bridgehead atoms. The van der Waals surface area contributed by atoms with Crippen LogP contribution < -0.4 is 17.5 Å². The first-order chi connectivity index (χ1) is 9.04. The van der Waals surface area contributed by atoms with Gasteiger partial charge in [0.1, 0.15) is 0 Å². The molecule has 0 unspecified atom stereocenters. The number of hydrogen-bond donors (Lipinski definition) is 0. The van der Waals surface area contributed by atoms with E-state index in [1.165, 1.54) is 17.5 Å². The minimum atomic E-state index is -0.399. The first-order valence-electron chi connectivity index (χ1n) is 7.36. The fourth-order valence-electron chi connectivity index (χ4n) is 2.32.